The SMILES string of the molecule is CC1C=C2CCCCC2=C(c2c(O)c(C(F)(F)F)cc3c2CCCC3)C1C. The molecule has 0 aliphatic heterocycles. The number of aromatic hydroxyl groups is 1. The monoisotopic (exact) mass is 376 g/mol. The van der Waals surface area contributed by atoms with E-state index in [2.05, 4.69) is 19.9 Å². The van der Waals surface area contributed by atoms with Crippen LogP contribution in [0.15, 0.2) is 23.3 Å². The van der Waals surface area contributed by atoms with Gasteiger partial charge in [0.05, 0.1) is 5.56 Å². The second kappa shape index (κ2) is 6.72. The highest BCUT2D eigenvalue weighted by atomic mass is 19.4. The van der Waals surface area contributed by atoms with Gasteiger partial charge in [-0.25, -0.2) is 0 Å². The maximum absolute atomic E-state index is 13.7. The molecule has 2 unspecified atom stereocenters. The number of fused-ring (bicyclic) bond motifs is 2. The van der Waals surface area contributed by atoms with Gasteiger partial charge in [-0.05, 0) is 97.1 Å². The Bertz CT molecular complexity index is 829. The molecule has 0 saturated heterocycles. The van der Waals surface area contributed by atoms with Gasteiger partial charge in [-0.2, -0.15) is 13.2 Å². The van der Waals surface area contributed by atoms with Gasteiger partial charge in [0, 0.05) is 5.56 Å². The van der Waals surface area contributed by atoms with Crippen molar-refractivity contribution in [3.05, 3.63) is 45.5 Å². The normalized spacial score (nSPS) is 25.7. The van der Waals surface area contributed by atoms with E-state index in [1.165, 1.54) is 17.2 Å². The molecule has 146 valence electrons. The van der Waals surface area contributed by atoms with E-state index >= 15 is 0 Å². The van der Waals surface area contributed by atoms with E-state index in [1.807, 2.05) is 0 Å². The summed E-state index contributed by atoms with van der Waals surface area (Å²) in [5.74, 6) is -0.163. The van der Waals surface area contributed by atoms with Crippen molar-refractivity contribution in [2.75, 3.05) is 0 Å². The van der Waals surface area contributed by atoms with E-state index in [0.29, 0.717) is 12.0 Å². The maximum Gasteiger partial charge on any atom is 0.419 e. The highest BCUT2D eigenvalue weighted by molar-refractivity contribution is 5.83. The lowest BCUT2D eigenvalue weighted by Crippen LogP contribution is -2.21. The quantitative estimate of drug-likeness (QED) is 0.569. The van der Waals surface area contributed by atoms with E-state index in [1.54, 1.807) is 0 Å². The first kappa shape index (κ1) is 18.6. The maximum atomic E-state index is 13.7. The van der Waals surface area contributed by atoms with E-state index in [9.17, 15) is 18.3 Å². The minimum absolute atomic E-state index is 0.113. The molecule has 4 heteroatoms. The second-order valence-corrected chi connectivity index (χ2v) is 8.43. The topological polar surface area (TPSA) is 20.2 Å². The molecule has 0 amide bonds. The Kier molecular flexibility index (Phi) is 4.64. The number of phenolic OH excluding ortho intramolecular Hbond substituents is 1. The fourth-order valence-electron chi connectivity index (χ4n) is 5.20. The van der Waals surface area contributed by atoms with Gasteiger partial charge in [0.25, 0.3) is 0 Å². The molecule has 4 rings (SSSR count). The Balaban J connectivity index is 2.02. The molecule has 1 nitrogen and oxygen atoms in total. The van der Waals surface area contributed by atoms with Crippen molar-refractivity contribution in [2.45, 2.75) is 71.4 Å². The summed E-state index contributed by atoms with van der Waals surface area (Å²) in [6, 6.07) is 1.20. The molecular weight excluding hydrogens is 349 g/mol. The molecule has 3 aliphatic rings. The lowest BCUT2D eigenvalue weighted by molar-refractivity contribution is -0.138. The van der Waals surface area contributed by atoms with Gasteiger partial charge in [-0.1, -0.05) is 19.9 Å². The summed E-state index contributed by atoms with van der Waals surface area (Å²) in [5.41, 5.74) is 4.87. The second-order valence-electron chi connectivity index (χ2n) is 8.43. The molecule has 0 bridgehead atoms. The lowest BCUT2D eigenvalue weighted by Gasteiger charge is -2.36. The average Bonchev–Trinajstić information content (AvgIpc) is 2.62. The summed E-state index contributed by atoms with van der Waals surface area (Å²) in [4.78, 5) is 0. The molecule has 1 aromatic carbocycles. The first-order chi connectivity index (χ1) is 12.8. The number of aryl methyl sites for hydroxylation is 1. The molecule has 27 heavy (non-hydrogen) atoms. The van der Waals surface area contributed by atoms with Gasteiger partial charge in [-0.3, -0.25) is 0 Å². The van der Waals surface area contributed by atoms with Crippen LogP contribution >= 0.6 is 0 Å². The molecule has 1 aromatic rings. The van der Waals surface area contributed by atoms with Crippen molar-refractivity contribution in [1.82, 2.24) is 0 Å². The number of rotatable bonds is 1. The first-order valence-electron chi connectivity index (χ1n) is 10.2. The van der Waals surface area contributed by atoms with Crippen molar-refractivity contribution in [1.29, 1.82) is 0 Å². The molecule has 3 aliphatic carbocycles. The van der Waals surface area contributed by atoms with E-state index < -0.39 is 17.5 Å². The average molecular weight is 376 g/mol. The van der Waals surface area contributed by atoms with Crippen molar-refractivity contribution < 1.29 is 18.3 Å². The fraction of sp³-hybridized carbons (Fsp3) is 0.565. The van der Waals surface area contributed by atoms with Gasteiger partial charge >= 0.3 is 6.18 Å². The number of phenols is 1. The van der Waals surface area contributed by atoms with Crippen molar-refractivity contribution in [2.24, 2.45) is 11.8 Å². The van der Waals surface area contributed by atoms with Crippen LogP contribution in [-0.2, 0) is 19.0 Å². The number of hydrogen-bond acceptors (Lipinski definition) is 1. The Labute approximate surface area is 159 Å². The van der Waals surface area contributed by atoms with Crippen molar-refractivity contribution in [3.8, 4) is 5.75 Å². The van der Waals surface area contributed by atoms with Gasteiger partial charge in [0.1, 0.15) is 5.75 Å². The molecule has 1 N–H and O–H groups in total. The van der Waals surface area contributed by atoms with Gasteiger partial charge in [0.2, 0.25) is 0 Å². The third kappa shape index (κ3) is 3.11. The Hall–Kier alpha value is -1.71. The van der Waals surface area contributed by atoms with Crippen LogP contribution in [0.3, 0.4) is 0 Å². The highest BCUT2D eigenvalue weighted by Gasteiger charge is 2.39. The summed E-state index contributed by atoms with van der Waals surface area (Å²) >= 11 is 0. The minimum atomic E-state index is -4.54. The summed E-state index contributed by atoms with van der Waals surface area (Å²) in [5, 5.41) is 10.9. The molecular formula is C23H27F3O. The zero-order chi connectivity index (χ0) is 19.3. The highest BCUT2D eigenvalue weighted by Crippen LogP contribution is 2.51. The summed E-state index contributed by atoms with van der Waals surface area (Å²) in [7, 11) is 0. The van der Waals surface area contributed by atoms with Gasteiger partial charge in [0.15, 0.2) is 0 Å². The summed E-state index contributed by atoms with van der Waals surface area (Å²) in [6.07, 6.45) is 5.19. The lowest BCUT2D eigenvalue weighted by atomic mass is 9.69. The largest absolute Gasteiger partial charge is 0.507 e. The molecule has 0 aromatic heterocycles. The summed E-state index contributed by atoms with van der Waals surface area (Å²) in [6.45, 7) is 4.24. The van der Waals surface area contributed by atoms with Crippen molar-refractivity contribution in [3.63, 3.8) is 0 Å². The number of halogens is 3. The van der Waals surface area contributed by atoms with Crippen LogP contribution in [0.5, 0.6) is 5.75 Å². The number of allylic oxidation sites excluding steroid dienone is 4. The smallest absolute Gasteiger partial charge is 0.419 e. The van der Waals surface area contributed by atoms with E-state index in [0.717, 1.165) is 61.6 Å². The van der Waals surface area contributed by atoms with Crippen LogP contribution in [-0.4, -0.2) is 5.11 Å². The van der Waals surface area contributed by atoms with Crippen LogP contribution in [0.1, 0.15) is 74.6 Å². The van der Waals surface area contributed by atoms with Crippen LogP contribution in [0.25, 0.3) is 5.57 Å². The Morgan fingerprint density at radius 3 is 2.37 bits per heavy atom. The van der Waals surface area contributed by atoms with Crippen molar-refractivity contribution >= 4 is 5.57 Å². The Morgan fingerprint density at radius 2 is 1.63 bits per heavy atom. The summed E-state index contributed by atoms with van der Waals surface area (Å²) < 4.78 is 41.1. The third-order valence-corrected chi connectivity index (χ3v) is 6.74. The van der Waals surface area contributed by atoms with Crippen LogP contribution in [0, 0.1) is 11.8 Å². The molecule has 0 spiro atoms. The predicted molar refractivity (Wildman–Crippen MR) is 102 cm³/mol. The van der Waals surface area contributed by atoms with Crippen LogP contribution in [0.4, 0.5) is 13.2 Å². The minimum Gasteiger partial charge on any atom is -0.507 e. The number of benzene rings is 1. The van der Waals surface area contributed by atoms with E-state index in [-0.39, 0.29) is 11.8 Å². The zero-order valence-corrected chi connectivity index (χ0v) is 16.0. The molecule has 2 atom stereocenters. The number of hydrogen-bond donors (Lipinski definition) is 1. The fourth-order valence-corrected chi connectivity index (χ4v) is 5.20. The predicted octanol–water partition coefficient (Wildman–Crippen LogP) is 6.83. The first-order valence-corrected chi connectivity index (χ1v) is 10.2. The third-order valence-electron chi connectivity index (χ3n) is 6.74. The van der Waals surface area contributed by atoms with Gasteiger partial charge < -0.3 is 5.11 Å². The molecule has 1 fully saturated rings. The number of alkyl halides is 3. The molecule has 0 radical (unpaired) electrons. The van der Waals surface area contributed by atoms with Crippen LogP contribution in [0.2, 0.25) is 0 Å². The molecule has 1 saturated carbocycles. The standard InChI is InChI=1S/C23H27F3O/c1-13-11-15-7-3-5-9-17(15)20(14(13)2)21-18-10-6-4-8-16(18)12-19(22(21)27)23(24,25)26/h11-14,27H,3-10H2,1-2H3. The van der Waals surface area contributed by atoms with Crippen LogP contribution < -0.4 is 0 Å². The van der Waals surface area contributed by atoms with Gasteiger partial charge in [-0.15, -0.1) is 0 Å². The van der Waals surface area contributed by atoms with E-state index in [4.69, 9.17) is 0 Å². The Morgan fingerprint density at radius 1 is 0.963 bits per heavy atom. The molecule has 0 heterocycles. The zero-order valence-electron chi connectivity index (χ0n) is 16.0.